The van der Waals surface area contributed by atoms with Crippen molar-refractivity contribution in [1.82, 2.24) is 0 Å². The number of carboxylic acid groups (broad SMARTS) is 6. The number of hydrogen-bond acceptors (Lipinski definition) is 6. The fourth-order valence-corrected chi connectivity index (χ4v) is 2.89. The second-order valence-corrected chi connectivity index (χ2v) is 5.66. The molecule has 0 saturated carbocycles. The van der Waals surface area contributed by atoms with Crippen LogP contribution in [0.3, 0.4) is 0 Å². The van der Waals surface area contributed by atoms with Gasteiger partial charge in [0, 0.05) is 5.56 Å². The number of hydrogen-bond donors (Lipinski definition) is 6. The molecule has 12 heteroatoms. The van der Waals surface area contributed by atoms with Crippen molar-refractivity contribution in [3.05, 3.63) is 57.6 Å². The van der Waals surface area contributed by atoms with Gasteiger partial charge in [-0.25, -0.2) is 28.8 Å². The Labute approximate surface area is 164 Å². The highest BCUT2D eigenvalue weighted by atomic mass is 16.4. The van der Waals surface area contributed by atoms with Crippen LogP contribution in [-0.2, 0) is 0 Å². The molecule has 0 aliphatic carbocycles. The van der Waals surface area contributed by atoms with Crippen LogP contribution in [0, 0.1) is 0 Å². The number of rotatable bonds is 7. The molecular formula is C18H10O12. The molecule has 0 bridgehead atoms. The largest absolute Gasteiger partial charge is 0.478 e. The summed E-state index contributed by atoms with van der Waals surface area (Å²) in [6, 6.07) is 3.77. The third-order valence-electron chi connectivity index (χ3n) is 3.99. The van der Waals surface area contributed by atoms with E-state index in [1.807, 2.05) is 0 Å². The minimum Gasteiger partial charge on any atom is -0.478 e. The molecule has 0 aromatic heterocycles. The molecule has 0 atom stereocenters. The van der Waals surface area contributed by atoms with Gasteiger partial charge in [0.2, 0.25) is 0 Å². The van der Waals surface area contributed by atoms with Crippen molar-refractivity contribution in [2.45, 2.75) is 0 Å². The molecule has 0 radical (unpaired) electrons. The van der Waals surface area contributed by atoms with Gasteiger partial charge in [-0.15, -0.1) is 0 Å². The van der Waals surface area contributed by atoms with Gasteiger partial charge in [-0.1, -0.05) is 12.1 Å². The maximum absolute atomic E-state index is 11.8. The summed E-state index contributed by atoms with van der Waals surface area (Å²) in [6.07, 6.45) is 0. The van der Waals surface area contributed by atoms with E-state index >= 15 is 0 Å². The molecule has 2 aromatic rings. The molecule has 0 saturated heterocycles. The highest BCUT2D eigenvalue weighted by Gasteiger charge is 2.38. The van der Waals surface area contributed by atoms with Gasteiger partial charge >= 0.3 is 35.8 Å². The van der Waals surface area contributed by atoms with Crippen LogP contribution in [0.1, 0.15) is 62.1 Å². The Bertz CT molecular complexity index is 1090. The summed E-state index contributed by atoms with van der Waals surface area (Å²) in [5.74, 6) is -11.8. The smallest absolute Gasteiger partial charge is 0.337 e. The molecule has 0 spiro atoms. The van der Waals surface area contributed by atoms with Gasteiger partial charge in [-0.05, 0) is 17.7 Å². The van der Waals surface area contributed by atoms with Gasteiger partial charge in [0.25, 0.3) is 0 Å². The zero-order chi connectivity index (χ0) is 22.9. The van der Waals surface area contributed by atoms with Crippen LogP contribution in [0.25, 0.3) is 11.1 Å². The zero-order valence-corrected chi connectivity index (χ0v) is 14.4. The Morgan fingerprint density at radius 3 is 1.00 bits per heavy atom. The van der Waals surface area contributed by atoms with Crippen molar-refractivity contribution < 1.29 is 59.4 Å². The Balaban J connectivity index is 3.24. The summed E-state index contributed by atoms with van der Waals surface area (Å²) in [5.41, 5.74) is -8.47. The molecule has 12 nitrogen and oxygen atoms in total. The van der Waals surface area contributed by atoms with Crippen LogP contribution < -0.4 is 0 Å². The molecule has 0 heterocycles. The van der Waals surface area contributed by atoms with Crippen LogP contribution in [0.4, 0.5) is 0 Å². The lowest BCUT2D eigenvalue weighted by atomic mass is 9.83. The van der Waals surface area contributed by atoms with E-state index in [0.29, 0.717) is 0 Å². The minimum absolute atomic E-state index is 0.286. The predicted octanol–water partition coefficient (Wildman–Crippen LogP) is 1.54. The van der Waals surface area contributed by atoms with Crippen LogP contribution in [0.5, 0.6) is 0 Å². The Morgan fingerprint density at radius 2 is 0.733 bits per heavy atom. The summed E-state index contributed by atoms with van der Waals surface area (Å²) in [4.78, 5) is 69.6. The lowest BCUT2D eigenvalue weighted by Crippen LogP contribution is -2.25. The highest BCUT2D eigenvalue weighted by molar-refractivity contribution is 6.22. The third kappa shape index (κ3) is 3.52. The fourth-order valence-electron chi connectivity index (χ4n) is 2.89. The molecular weight excluding hydrogens is 408 g/mol. The van der Waals surface area contributed by atoms with E-state index < -0.39 is 69.2 Å². The molecule has 154 valence electrons. The standard InChI is InChI=1S/C18H10O12/c19-13(20)6-3-1-5(2-4-6)7-8(14(21)22)10(16(25)26)12(18(29)30)11(17(27)28)9(7)15(23)24/h1-4H,(H,19,20)(H,21,22)(H,23,24)(H,25,26)(H,27,28)(H,29,30). The summed E-state index contributed by atoms with van der Waals surface area (Å²) in [7, 11) is 0. The van der Waals surface area contributed by atoms with Crippen molar-refractivity contribution >= 4 is 35.8 Å². The molecule has 0 fully saturated rings. The summed E-state index contributed by atoms with van der Waals surface area (Å²) >= 11 is 0. The topological polar surface area (TPSA) is 224 Å². The van der Waals surface area contributed by atoms with E-state index in [-0.39, 0.29) is 11.1 Å². The summed E-state index contributed by atoms with van der Waals surface area (Å²) < 4.78 is 0. The predicted molar refractivity (Wildman–Crippen MR) is 93.6 cm³/mol. The number of benzene rings is 2. The van der Waals surface area contributed by atoms with Gasteiger partial charge in [-0.3, -0.25) is 0 Å². The highest BCUT2D eigenvalue weighted by Crippen LogP contribution is 2.37. The molecule has 0 aliphatic rings. The first-order valence-corrected chi connectivity index (χ1v) is 7.64. The summed E-state index contributed by atoms with van der Waals surface area (Å²) in [6.45, 7) is 0. The second-order valence-electron chi connectivity index (χ2n) is 5.66. The molecule has 2 rings (SSSR count). The molecule has 6 N–H and O–H groups in total. The van der Waals surface area contributed by atoms with Crippen molar-refractivity contribution in [3.8, 4) is 11.1 Å². The van der Waals surface area contributed by atoms with Gasteiger partial charge < -0.3 is 30.6 Å². The maximum atomic E-state index is 11.8. The lowest BCUT2D eigenvalue weighted by molar-refractivity contribution is 0.0610. The van der Waals surface area contributed by atoms with Gasteiger partial charge in [0.1, 0.15) is 0 Å². The van der Waals surface area contributed by atoms with E-state index in [2.05, 4.69) is 0 Å². The van der Waals surface area contributed by atoms with E-state index in [4.69, 9.17) is 5.11 Å². The molecule has 30 heavy (non-hydrogen) atoms. The Hall–Kier alpha value is -4.74. The van der Waals surface area contributed by atoms with E-state index in [0.717, 1.165) is 24.3 Å². The lowest BCUT2D eigenvalue weighted by Gasteiger charge is -2.18. The summed E-state index contributed by atoms with van der Waals surface area (Å²) in [5, 5.41) is 56.2. The van der Waals surface area contributed by atoms with E-state index in [1.165, 1.54) is 0 Å². The fraction of sp³-hybridized carbons (Fsp3) is 0. The van der Waals surface area contributed by atoms with Crippen LogP contribution >= 0.6 is 0 Å². The first kappa shape index (κ1) is 21.6. The van der Waals surface area contributed by atoms with Crippen molar-refractivity contribution in [3.63, 3.8) is 0 Å². The van der Waals surface area contributed by atoms with Crippen LogP contribution in [0.2, 0.25) is 0 Å². The monoisotopic (exact) mass is 418 g/mol. The Morgan fingerprint density at radius 1 is 0.433 bits per heavy atom. The maximum Gasteiger partial charge on any atom is 0.337 e. The van der Waals surface area contributed by atoms with Crippen molar-refractivity contribution in [2.75, 3.05) is 0 Å². The van der Waals surface area contributed by atoms with Crippen molar-refractivity contribution in [1.29, 1.82) is 0 Å². The minimum atomic E-state index is -2.16. The SMILES string of the molecule is O=C(O)c1ccc(-c2c(C(=O)O)c(C(=O)O)c(C(=O)O)c(C(=O)O)c2C(=O)O)cc1. The first-order chi connectivity index (χ1) is 13.9. The molecule has 0 amide bonds. The molecule has 0 aliphatic heterocycles. The van der Waals surface area contributed by atoms with Crippen LogP contribution in [0.15, 0.2) is 24.3 Å². The number of aromatic carboxylic acids is 6. The van der Waals surface area contributed by atoms with E-state index in [9.17, 15) is 54.3 Å². The average Bonchev–Trinajstić information content (AvgIpc) is 2.64. The third-order valence-corrected chi connectivity index (χ3v) is 3.99. The number of carbonyl (C=O) groups is 6. The Kier molecular flexibility index (Phi) is 5.54. The van der Waals surface area contributed by atoms with Crippen LogP contribution in [-0.4, -0.2) is 66.5 Å². The van der Waals surface area contributed by atoms with Crippen molar-refractivity contribution in [2.24, 2.45) is 0 Å². The molecule has 2 aromatic carbocycles. The normalized spacial score (nSPS) is 10.3. The van der Waals surface area contributed by atoms with Gasteiger partial charge in [0.05, 0.1) is 33.4 Å². The quantitative estimate of drug-likeness (QED) is 0.376. The van der Waals surface area contributed by atoms with Gasteiger partial charge in [0.15, 0.2) is 0 Å². The average molecular weight is 418 g/mol. The van der Waals surface area contributed by atoms with Gasteiger partial charge in [-0.2, -0.15) is 0 Å². The molecule has 0 unspecified atom stereocenters. The second kappa shape index (κ2) is 7.71. The first-order valence-electron chi connectivity index (χ1n) is 7.64. The van der Waals surface area contributed by atoms with E-state index in [1.54, 1.807) is 0 Å². The number of carboxylic acids is 6. The zero-order valence-electron chi connectivity index (χ0n) is 14.4.